The van der Waals surface area contributed by atoms with Crippen LogP contribution >= 0.6 is 0 Å². The fourth-order valence-corrected chi connectivity index (χ4v) is 2.21. The number of aliphatic hydroxyl groups excluding tert-OH is 1. The Kier molecular flexibility index (Phi) is 9.58. The van der Waals surface area contributed by atoms with Crippen LogP contribution in [0.4, 0.5) is 0 Å². The Bertz CT molecular complexity index is 281. The van der Waals surface area contributed by atoms with Crippen molar-refractivity contribution < 1.29 is 19.4 Å². The Hall–Kier alpha value is -0.690. The number of nitrogens with one attached hydrogen (secondary N) is 1. The minimum Gasteiger partial charge on any atom is -0.389 e. The van der Waals surface area contributed by atoms with Crippen LogP contribution in [0.2, 0.25) is 0 Å². The van der Waals surface area contributed by atoms with Crippen molar-refractivity contribution in [3.8, 4) is 0 Å². The minimum atomic E-state index is -0.550. The summed E-state index contributed by atoms with van der Waals surface area (Å²) in [6.07, 6.45) is 2.39. The lowest BCUT2D eigenvalue weighted by Crippen LogP contribution is -2.34. The van der Waals surface area contributed by atoms with E-state index in [1.807, 2.05) is 18.7 Å². The van der Waals surface area contributed by atoms with Crippen molar-refractivity contribution in [2.75, 3.05) is 46.0 Å². The Morgan fingerprint density at radius 2 is 2.00 bits per heavy atom. The molecule has 1 rings (SSSR count). The summed E-state index contributed by atoms with van der Waals surface area (Å²) in [6.45, 7) is 8.10. The van der Waals surface area contributed by atoms with Gasteiger partial charge in [-0.3, -0.25) is 4.79 Å². The molecular formula is C15H30N2O4. The highest BCUT2D eigenvalue weighted by atomic mass is 16.5. The van der Waals surface area contributed by atoms with E-state index in [1.54, 1.807) is 0 Å². The van der Waals surface area contributed by atoms with Crippen molar-refractivity contribution in [2.24, 2.45) is 0 Å². The molecule has 0 saturated carbocycles. The number of carbonyl (C=O) groups excluding carboxylic acids is 1. The van der Waals surface area contributed by atoms with Gasteiger partial charge in [0.1, 0.15) is 0 Å². The second kappa shape index (κ2) is 11.0. The minimum absolute atomic E-state index is 0.202. The standard InChI is InChI=1S/C15H30N2O4/c1-13(2)21-10-9-20-12-14(18)11-16-6-5-15(19)17-7-3-4-8-17/h13-14,16,18H,3-12H2,1-2H3. The van der Waals surface area contributed by atoms with Gasteiger partial charge in [-0.2, -0.15) is 0 Å². The van der Waals surface area contributed by atoms with Gasteiger partial charge >= 0.3 is 0 Å². The van der Waals surface area contributed by atoms with Gasteiger partial charge < -0.3 is 24.8 Å². The number of amides is 1. The third kappa shape index (κ3) is 9.03. The summed E-state index contributed by atoms with van der Waals surface area (Å²) in [4.78, 5) is 13.7. The van der Waals surface area contributed by atoms with Crippen LogP contribution in [0.3, 0.4) is 0 Å². The lowest BCUT2D eigenvalue weighted by Gasteiger charge is -2.16. The number of rotatable bonds is 11. The Labute approximate surface area is 127 Å². The van der Waals surface area contributed by atoms with E-state index in [9.17, 15) is 9.90 Å². The maximum Gasteiger partial charge on any atom is 0.223 e. The van der Waals surface area contributed by atoms with E-state index in [4.69, 9.17) is 9.47 Å². The van der Waals surface area contributed by atoms with Crippen molar-refractivity contribution in [3.05, 3.63) is 0 Å². The van der Waals surface area contributed by atoms with Crippen LogP contribution in [0.25, 0.3) is 0 Å². The molecule has 0 aromatic heterocycles. The summed E-state index contributed by atoms with van der Waals surface area (Å²) in [7, 11) is 0. The first-order chi connectivity index (χ1) is 10.1. The van der Waals surface area contributed by atoms with E-state index in [0.717, 1.165) is 25.9 Å². The van der Waals surface area contributed by atoms with Gasteiger partial charge in [0.05, 0.1) is 32.0 Å². The molecular weight excluding hydrogens is 272 g/mol. The van der Waals surface area contributed by atoms with Crippen LogP contribution in [0.15, 0.2) is 0 Å². The van der Waals surface area contributed by atoms with Crippen molar-refractivity contribution in [1.29, 1.82) is 0 Å². The molecule has 1 aliphatic rings. The number of hydrogen-bond donors (Lipinski definition) is 2. The molecule has 1 atom stereocenters. The second-order valence-electron chi connectivity index (χ2n) is 5.69. The topological polar surface area (TPSA) is 71.0 Å². The van der Waals surface area contributed by atoms with Gasteiger partial charge in [-0.15, -0.1) is 0 Å². The smallest absolute Gasteiger partial charge is 0.223 e. The monoisotopic (exact) mass is 302 g/mol. The maximum atomic E-state index is 11.8. The fraction of sp³-hybridized carbons (Fsp3) is 0.933. The predicted molar refractivity (Wildman–Crippen MR) is 81.2 cm³/mol. The molecule has 1 heterocycles. The molecule has 0 bridgehead atoms. The summed E-state index contributed by atoms with van der Waals surface area (Å²) < 4.78 is 10.6. The Morgan fingerprint density at radius 3 is 2.67 bits per heavy atom. The summed E-state index contributed by atoms with van der Waals surface area (Å²) >= 11 is 0. The first kappa shape index (κ1) is 18.4. The van der Waals surface area contributed by atoms with E-state index < -0.39 is 6.10 Å². The lowest BCUT2D eigenvalue weighted by molar-refractivity contribution is -0.130. The molecule has 0 radical (unpaired) electrons. The maximum absolute atomic E-state index is 11.8. The molecule has 21 heavy (non-hydrogen) atoms. The highest BCUT2D eigenvalue weighted by Gasteiger charge is 2.17. The number of likely N-dealkylation sites (tertiary alicyclic amines) is 1. The zero-order chi connectivity index (χ0) is 15.5. The molecule has 1 aliphatic heterocycles. The summed E-state index contributed by atoms with van der Waals surface area (Å²) in [5, 5.41) is 12.8. The van der Waals surface area contributed by atoms with Gasteiger partial charge in [0, 0.05) is 32.6 Å². The van der Waals surface area contributed by atoms with Gasteiger partial charge in [0.2, 0.25) is 5.91 Å². The number of carbonyl (C=O) groups is 1. The van der Waals surface area contributed by atoms with Crippen LogP contribution in [-0.2, 0) is 14.3 Å². The Balaban J connectivity index is 1.90. The fourth-order valence-electron chi connectivity index (χ4n) is 2.21. The van der Waals surface area contributed by atoms with E-state index in [-0.39, 0.29) is 18.6 Å². The molecule has 124 valence electrons. The second-order valence-corrected chi connectivity index (χ2v) is 5.69. The number of ether oxygens (including phenoxy) is 2. The normalized spacial score (nSPS) is 16.7. The summed E-state index contributed by atoms with van der Waals surface area (Å²) in [5.74, 6) is 0.205. The average Bonchev–Trinajstić information content (AvgIpc) is 2.97. The van der Waals surface area contributed by atoms with Crippen LogP contribution in [-0.4, -0.2) is 74.1 Å². The molecule has 1 unspecified atom stereocenters. The average molecular weight is 302 g/mol. The molecule has 1 amide bonds. The Morgan fingerprint density at radius 1 is 1.29 bits per heavy atom. The first-order valence-corrected chi connectivity index (χ1v) is 7.95. The molecule has 1 saturated heterocycles. The zero-order valence-corrected chi connectivity index (χ0v) is 13.3. The van der Waals surface area contributed by atoms with Gasteiger partial charge in [0.15, 0.2) is 0 Å². The van der Waals surface area contributed by atoms with Crippen LogP contribution in [0.5, 0.6) is 0 Å². The molecule has 0 spiro atoms. The lowest BCUT2D eigenvalue weighted by atomic mass is 10.3. The zero-order valence-electron chi connectivity index (χ0n) is 13.3. The van der Waals surface area contributed by atoms with E-state index in [0.29, 0.717) is 32.7 Å². The third-order valence-corrected chi connectivity index (χ3v) is 3.34. The predicted octanol–water partition coefficient (Wildman–Crippen LogP) is 0.391. The van der Waals surface area contributed by atoms with E-state index >= 15 is 0 Å². The van der Waals surface area contributed by atoms with Crippen molar-refractivity contribution in [3.63, 3.8) is 0 Å². The van der Waals surface area contributed by atoms with E-state index in [1.165, 1.54) is 0 Å². The molecule has 6 nitrogen and oxygen atoms in total. The van der Waals surface area contributed by atoms with Gasteiger partial charge in [0.25, 0.3) is 0 Å². The highest BCUT2D eigenvalue weighted by Crippen LogP contribution is 2.08. The highest BCUT2D eigenvalue weighted by molar-refractivity contribution is 5.76. The molecule has 0 aromatic rings. The summed E-state index contributed by atoms with van der Waals surface area (Å²) in [5.41, 5.74) is 0. The molecule has 2 N–H and O–H groups in total. The van der Waals surface area contributed by atoms with Gasteiger partial charge in [-0.1, -0.05) is 0 Å². The van der Waals surface area contributed by atoms with Crippen molar-refractivity contribution >= 4 is 5.91 Å². The quantitative estimate of drug-likeness (QED) is 0.540. The summed E-state index contributed by atoms with van der Waals surface area (Å²) in [6, 6.07) is 0. The van der Waals surface area contributed by atoms with Crippen molar-refractivity contribution in [1.82, 2.24) is 10.2 Å². The third-order valence-electron chi connectivity index (χ3n) is 3.34. The number of hydrogen-bond acceptors (Lipinski definition) is 5. The SMILES string of the molecule is CC(C)OCCOCC(O)CNCCC(=O)N1CCCC1. The first-order valence-electron chi connectivity index (χ1n) is 7.95. The van der Waals surface area contributed by atoms with Crippen molar-refractivity contribution in [2.45, 2.75) is 45.3 Å². The molecule has 1 fully saturated rings. The van der Waals surface area contributed by atoms with Gasteiger partial charge in [-0.05, 0) is 26.7 Å². The van der Waals surface area contributed by atoms with Crippen LogP contribution < -0.4 is 5.32 Å². The van der Waals surface area contributed by atoms with E-state index in [2.05, 4.69) is 5.32 Å². The van der Waals surface area contributed by atoms with Gasteiger partial charge in [-0.25, -0.2) is 0 Å². The largest absolute Gasteiger partial charge is 0.389 e. The molecule has 6 heteroatoms. The van der Waals surface area contributed by atoms with Crippen LogP contribution in [0, 0.1) is 0 Å². The van der Waals surface area contributed by atoms with Crippen LogP contribution in [0.1, 0.15) is 33.1 Å². The number of nitrogens with zero attached hydrogens (tertiary/aromatic N) is 1. The molecule has 0 aliphatic carbocycles. The molecule has 0 aromatic carbocycles. The number of aliphatic hydroxyl groups is 1.